The first-order valence-corrected chi connectivity index (χ1v) is 7.40. The third kappa shape index (κ3) is 15.3. The summed E-state index contributed by atoms with van der Waals surface area (Å²) in [6.07, 6.45) is 0.859. The van der Waals surface area contributed by atoms with Crippen LogP contribution in [0.5, 0.6) is 0 Å². The lowest BCUT2D eigenvalue weighted by Gasteiger charge is -2.21. The fraction of sp³-hybridized carbons (Fsp3) is 0.875. The van der Waals surface area contributed by atoms with Gasteiger partial charge in [-0.05, 0) is 20.8 Å². The van der Waals surface area contributed by atoms with E-state index in [0.29, 0.717) is 13.2 Å². The van der Waals surface area contributed by atoms with E-state index in [1.54, 1.807) is 14.2 Å². The molecule has 0 fully saturated rings. The van der Waals surface area contributed by atoms with Crippen molar-refractivity contribution in [1.82, 2.24) is 0 Å². The summed E-state index contributed by atoms with van der Waals surface area (Å²) in [5, 5.41) is 0. The summed E-state index contributed by atoms with van der Waals surface area (Å²) in [5.74, 6) is -0.221. The highest BCUT2D eigenvalue weighted by atomic mass is 16.5. The highest BCUT2D eigenvalue weighted by molar-refractivity contribution is 5.66. The number of carbonyl (C=O) groups is 2. The number of hydrogen-bond donors (Lipinski definition) is 0. The maximum absolute atomic E-state index is 10.4. The van der Waals surface area contributed by atoms with Crippen LogP contribution in [0.4, 0.5) is 0 Å². The van der Waals surface area contributed by atoms with Crippen LogP contribution in [0.2, 0.25) is 0 Å². The van der Waals surface area contributed by atoms with Gasteiger partial charge >= 0.3 is 11.9 Å². The molecule has 0 aromatic carbocycles. The van der Waals surface area contributed by atoms with Gasteiger partial charge in [0.05, 0.1) is 24.9 Å². The second kappa shape index (κ2) is 12.4. The third-order valence-electron chi connectivity index (χ3n) is 3.28. The monoisotopic (exact) mass is 320 g/mol. The fourth-order valence-corrected chi connectivity index (χ4v) is 1.16. The van der Waals surface area contributed by atoms with E-state index >= 15 is 0 Å². The van der Waals surface area contributed by atoms with Crippen molar-refractivity contribution >= 4 is 11.9 Å². The number of hydrogen-bond acceptors (Lipinski definition) is 6. The maximum Gasteiger partial charge on any atom is 0.302 e. The van der Waals surface area contributed by atoms with E-state index in [4.69, 9.17) is 18.9 Å². The zero-order valence-electron chi connectivity index (χ0n) is 15.2. The second-order valence-electron chi connectivity index (χ2n) is 5.77. The van der Waals surface area contributed by atoms with Crippen molar-refractivity contribution in [3.8, 4) is 0 Å². The van der Waals surface area contributed by atoms with Crippen LogP contribution in [0.15, 0.2) is 0 Å². The minimum atomic E-state index is -0.239. The average molecular weight is 320 g/mol. The Kier molecular flexibility index (Phi) is 13.0. The van der Waals surface area contributed by atoms with E-state index in [0.717, 1.165) is 6.42 Å². The Hall–Kier alpha value is -1.14. The van der Waals surface area contributed by atoms with E-state index in [2.05, 4.69) is 0 Å². The lowest BCUT2D eigenvalue weighted by Crippen LogP contribution is -2.24. The molecule has 0 spiro atoms. The van der Waals surface area contributed by atoms with E-state index < -0.39 is 0 Å². The molecule has 0 amide bonds. The molecule has 0 aliphatic heterocycles. The molecule has 0 radical (unpaired) electrons. The molecule has 6 heteroatoms. The van der Waals surface area contributed by atoms with E-state index in [1.807, 2.05) is 27.7 Å². The predicted octanol–water partition coefficient (Wildman–Crippen LogP) is 2.59. The van der Waals surface area contributed by atoms with Crippen molar-refractivity contribution in [3.63, 3.8) is 0 Å². The van der Waals surface area contributed by atoms with Gasteiger partial charge in [0.2, 0.25) is 0 Å². The number of ether oxygens (including phenoxy) is 4. The highest BCUT2D eigenvalue weighted by Gasteiger charge is 2.16. The zero-order chi connectivity index (χ0) is 17.8. The van der Waals surface area contributed by atoms with Gasteiger partial charge in [0.1, 0.15) is 0 Å². The van der Waals surface area contributed by atoms with Gasteiger partial charge in [0.15, 0.2) is 0 Å². The first-order valence-electron chi connectivity index (χ1n) is 7.40. The van der Waals surface area contributed by atoms with Crippen LogP contribution < -0.4 is 0 Å². The van der Waals surface area contributed by atoms with Crippen molar-refractivity contribution in [1.29, 1.82) is 0 Å². The van der Waals surface area contributed by atoms with Gasteiger partial charge in [-0.25, -0.2) is 0 Å². The Labute approximate surface area is 134 Å². The summed E-state index contributed by atoms with van der Waals surface area (Å²) in [4.78, 5) is 20.8. The lowest BCUT2D eigenvalue weighted by atomic mass is 10.1. The van der Waals surface area contributed by atoms with Gasteiger partial charge in [-0.1, -0.05) is 6.92 Å². The first kappa shape index (κ1) is 23.1. The molecule has 132 valence electrons. The maximum atomic E-state index is 10.4. The molecule has 0 rings (SSSR count). The zero-order valence-corrected chi connectivity index (χ0v) is 15.2. The van der Waals surface area contributed by atoms with E-state index in [1.165, 1.54) is 13.8 Å². The molecular weight excluding hydrogens is 288 g/mol. The molecule has 2 atom stereocenters. The van der Waals surface area contributed by atoms with Crippen molar-refractivity contribution in [2.75, 3.05) is 27.4 Å². The highest BCUT2D eigenvalue weighted by Crippen LogP contribution is 2.12. The molecule has 0 bridgehead atoms. The molecule has 0 saturated heterocycles. The average Bonchev–Trinajstić information content (AvgIpc) is 2.43. The summed E-state index contributed by atoms with van der Waals surface area (Å²) in [5.41, 5.74) is -0.199. The van der Waals surface area contributed by atoms with Crippen LogP contribution in [0, 0.1) is 5.92 Å². The number of esters is 2. The molecule has 0 aliphatic carbocycles. The molecule has 0 N–H and O–H groups in total. The summed E-state index contributed by atoms with van der Waals surface area (Å²) in [6.45, 7) is 11.5. The second-order valence-corrected chi connectivity index (χ2v) is 5.77. The quantitative estimate of drug-likeness (QED) is 0.640. The Morgan fingerprint density at radius 3 is 1.86 bits per heavy atom. The van der Waals surface area contributed by atoms with Gasteiger partial charge in [0, 0.05) is 40.4 Å². The topological polar surface area (TPSA) is 71.1 Å². The van der Waals surface area contributed by atoms with Gasteiger partial charge in [-0.2, -0.15) is 0 Å². The molecular formula is C16H32O6. The largest absolute Gasteiger partial charge is 0.466 e. The van der Waals surface area contributed by atoms with Crippen molar-refractivity contribution in [2.24, 2.45) is 5.92 Å². The van der Waals surface area contributed by atoms with Crippen LogP contribution in [-0.4, -0.2) is 51.1 Å². The minimum Gasteiger partial charge on any atom is -0.466 e. The van der Waals surface area contributed by atoms with Crippen LogP contribution >= 0.6 is 0 Å². The number of carbonyl (C=O) groups excluding carboxylic acids is 2. The van der Waals surface area contributed by atoms with Crippen LogP contribution in [-0.2, 0) is 28.5 Å². The number of rotatable bonds is 8. The Balaban J connectivity index is 0. The van der Waals surface area contributed by atoms with E-state index in [-0.39, 0.29) is 29.6 Å². The smallest absolute Gasteiger partial charge is 0.302 e. The molecule has 0 aromatic rings. The molecule has 0 saturated carbocycles. The molecule has 0 aliphatic rings. The van der Waals surface area contributed by atoms with Gasteiger partial charge in [-0.15, -0.1) is 0 Å². The molecule has 0 heterocycles. The van der Waals surface area contributed by atoms with Crippen molar-refractivity contribution < 1.29 is 28.5 Å². The fourth-order valence-electron chi connectivity index (χ4n) is 1.16. The first-order chi connectivity index (χ1) is 10.1. The summed E-state index contributed by atoms with van der Waals surface area (Å²) >= 11 is 0. The molecule has 6 nitrogen and oxygen atoms in total. The van der Waals surface area contributed by atoms with Crippen LogP contribution in [0.1, 0.15) is 48.0 Å². The van der Waals surface area contributed by atoms with Crippen molar-refractivity contribution in [2.45, 2.75) is 59.7 Å². The third-order valence-corrected chi connectivity index (χ3v) is 3.28. The van der Waals surface area contributed by atoms with Gasteiger partial charge in [-0.3, -0.25) is 9.59 Å². The molecule has 0 aromatic heterocycles. The van der Waals surface area contributed by atoms with Crippen LogP contribution in [0.3, 0.4) is 0 Å². The van der Waals surface area contributed by atoms with Gasteiger partial charge < -0.3 is 18.9 Å². The molecule has 22 heavy (non-hydrogen) atoms. The normalized spacial score (nSPS) is 13.5. The van der Waals surface area contributed by atoms with Gasteiger partial charge in [0.25, 0.3) is 0 Å². The Morgan fingerprint density at radius 1 is 1.00 bits per heavy atom. The van der Waals surface area contributed by atoms with Crippen molar-refractivity contribution in [3.05, 3.63) is 0 Å². The van der Waals surface area contributed by atoms with E-state index in [9.17, 15) is 9.59 Å². The Morgan fingerprint density at radius 2 is 1.50 bits per heavy atom. The molecule has 2 unspecified atom stereocenters. The standard InChI is InChI=1S/2C8H16O3/c1-7(9)11-6-5-8(2,3)10-4;1-6(7(2)10-4)5-11-8(3)9/h5-6H2,1-4H3;6-7H,5H2,1-4H3. The lowest BCUT2D eigenvalue weighted by molar-refractivity contribution is -0.144. The summed E-state index contributed by atoms with van der Waals surface area (Å²) < 4.78 is 19.7. The Bertz CT molecular complexity index is 314. The summed E-state index contributed by atoms with van der Waals surface area (Å²) in [7, 11) is 3.29. The van der Waals surface area contributed by atoms with Crippen LogP contribution in [0.25, 0.3) is 0 Å². The minimum absolute atomic E-state index is 0.134. The predicted molar refractivity (Wildman–Crippen MR) is 84.6 cm³/mol. The SMILES string of the molecule is COC(C)(C)CCOC(C)=O.COC(C)C(C)COC(C)=O. The number of methoxy groups -OCH3 is 2. The summed E-state index contributed by atoms with van der Waals surface area (Å²) in [6, 6.07) is 0.